The molecule has 0 aliphatic heterocycles. The van der Waals surface area contributed by atoms with Gasteiger partial charge in [0, 0.05) is 30.1 Å². The van der Waals surface area contributed by atoms with E-state index in [-0.39, 0.29) is 5.70 Å². The van der Waals surface area contributed by atoms with Crippen molar-refractivity contribution in [3.05, 3.63) is 52.9 Å². The monoisotopic (exact) mass is 310 g/mol. The highest BCUT2D eigenvalue weighted by Gasteiger charge is 2.09. The first-order valence-electron chi connectivity index (χ1n) is 8.09. The smallest absolute Gasteiger partial charge is 0.155 e. The summed E-state index contributed by atoms with van der Waals surface area (Å²) in [5.74, 6) is 0. The van der Waals surface area contributed by atoms with Crippen molar-refractivity contribution in [2.24, 2.45) is 16.5 Å². The molecule has 4 nitrogen and oxygen atoms in total. The Hall–Kier alpha value is -2.54. The first kappa shape index (κ1) is 18.5. The van der Waals surface area contributed by atoms with Crippen LogP contribution in [0.2, 0.25) is 0 Å². The number of nitrogens with two attached hydrogens (primary N) is 2. The van der Waals surface area contributed by atoms with Gasteiger partial charge in [0.1, 0.15) is 6.07 Å². The minimum absolute atomic E-state index is 0.203. The average molecular weight is 310 g/mol. The highest BCUT2D eigenvalue weighted by Crippen LogP contribution is 2.23. The van der Waals surface area contributed by atoms with Crippen LogP contribution in [0.25, 0.3) is 5.70 Å². The Balaban J connectivity index is 2.99. The number of hydrogen-bond acceptors (Lipinski definition) is 4. The van der Waals surface area contributed by atoms with Crippen LogP contribution < -0.4 is 11.5 Å². The normalized spacial score (nSPS) is 12.6. The largest absolute Gasteiger partial charge is 0.402 e. The third-order valence-electron chi connectivity index (χ3n) is 3.65. The van der Waals surface area contributed by atoms with E-state index in [0.29, 0.717) is 6.42 Å². The highest BCUT2D eigenvalue weighted by atomic mass is 14.7. The van der Waals surface area contributed by atoms with Gasteiger partial charge in [0.2, 0.25) is 0 Å². The Bertz CT molecular complexity index is 633. The molecule has 0 atom stereocenters. The Morgan fingerprint density at radius 2 is 2.04 bits per heavy atom. The second-order valence-corrected chi connectivity index (χ2v) is 5.28. The molecule has 0 aromatic heterocycles. The van der Waals surface area contributed by atoms with Crippen molar-refractivity contribution in [3.8, 4) is 6.07 Å². The van der Waals surface area contributed by atoms with Gasteiger partial charge in [-0.3, -0.25) is 0 Å². The van der Waals surface area contributed by atoms with E-state index in [4.69, 9.17) is 16.7 Å². The van der Waals surface area contributed by atoms with E-state index in [9.17, 15) is 0 Å². The number of hydrogen-bond donors (Lipinski definition) is 2. The number of aliphatic imine (C=N–C) groups is 1. The van der Waals surface area contributed by atoms with Gasteiger partial charge in [0.25, 0.3) is 0 Å². The Labute approximate surface area is 139 Å². The van der Waals surface area contributed by atoms with Crippen LogP contribution in [0.15, 0.2) is 41.2 Å². The molecule has 1 aromatic carbocycles. The molecule has 0 radical (unpaired) electrons. The summed E-state index contributed by atoms with van der Waals surface area (Å²) in [6.45, 7) is 4.33. The molecule has 1 aromatic rings. The summed E-state index contributed by atoms with van der Waals surface area (Å²) in [5, 5.41) is 8.75. The molecule has 0 saturated heterocycles. The van der Waals surface area contributed by atoms with Gasteiger partial charge in [-0.25, -0.2) is 4.99 Å². The predicted molar refractivity (Wildman–Crippen MR) is 97.6 cm³/mol. The fourth-order valence-corrected chi connectivity index (χ4v) is 2.44. The molecule has 0 fully saturated rings. The standard InChI is InChI=1S/C19H26N4/c1-3-5-8-16-10-6-9-15(4-2)19(16)18(22)11-7-12-23-17(13-20)14-21/h6,9-13H,3-5,7-8,20,22H2,1-2H3/b17-13-,18-11-,23-12-. The highest BCUT2D eigenvalue weighted by molar-refractivity contribution is 5.72. The molecule has 0 saturated carbocycles. The molecule has 0 aliphatic rings. The summed E-state index contributed by atoms with van der Waals surface area (Å²) in [4.78, 5) is 3.99. The Morgan fingerprint density at radius 1 is 1.30 bits per heavy atom. The molecular weight excluding hydrogens is 284 g/mol. The summed E-state index contributed by atoms with van der Waals surface area (Å²) in [6, 6.07) is 8.30. The van der Waals surface area contributed by atoms with E-state index >= 15 is 0 Å². The first-order chi connectivity index (χ1) is 11.2. The van der Waals surface area contributed by atoms with E-state index in [2.05, 4.69) is 37.0 Å². The summed E-state index contributed by atoms with van der Waals surface area (Å²) in [7, 11) is 0. The summed E-state index contributed by atoms with van der Waals surface area (Å²) >= 11 is 0. The second-order valence-electron chi connectivity index (χ2n) is 5.28. The number of nitriles is 1. The van der Waals surface area contributed by atoms with Gasteiger partial charge in [0.05, 0.1) is 0 Å². The van der Waals surface area contributed by atoms with E-state index in [1.54, 1.807) is 6.21 Å². The third-order valence-corrected chi connectivity index (χ3v) is 3.65. The fraction of sp³-hybridized carbons (Fsp3) is 0.368. The quantitative estimate of drug-likeness (QED) is 0.567. The zero-order valence-corrected chi connectivity index (χ0v) is 14.0. The van der Waals surface area contributed by atoms with Crippen molar-refractivity contribution in [1.82, 2.24) is 0 Å². The van der Waals surface area contributed by atoms with E-state index in [1.807, 2.05) is 12.1 Å². The van der Waals surface area contributed by atoms with Crippen molar-refractivity contribution >= 4 is 11.9 Å². The van der Waals surface area contributed by atoms with Crippen LogP contribution >= 0.6 is 0 Å². The van der Waals surface area contributed by atoms with Crippen LogP contribution in [0.4, 0.5) is 0 Å². The number of unbranched alkanes of at least 4 members (excludes halogenated alkanes) is 1. The predicted octanol–water partition coefficient (Wildman–Crippen LogP) is 3.68. The van der Waals surface area contributed by atoms with Crippen molar-refractivity contribution in [1.29, 1.82) is 5.26 Å². The maximum absolute atomic E-state index is 8.75. The number of nitrogens with zero attached hydrogens (tertiary/aromatic N) is 2. The molecule has 0 spiro atoms. The van der Waals surface area contributed by atoms with Gasteiger partial charge < -0.3 is 11.5 Å². The van der Waals surface area contributed by atoms with Gasteiger partial charge in [-0.2, -0.15) is 5.26 Å². The van der Waals surface area contributed by atoms with Crippen molar-refractivity contribution < 1.29 is 0 Å². The lowest BCUT2D eigenvalue weighted by Crippen LogP contribution is -2.05. The third kappa shape index (κ3) is 5.63. The summed E-state index contributed by atoms with van der Waals surface area (Å²) in [5.41, 5.74) is 16.3. The van der Waals surface area contributed by atoms with Crippen LogP contribution in [0.3, 0.4) is 0 Å². The minimum atomic E-state index is 0.203. The fourth-order valence-electron chi connectivity index (χ4n) is 2.44. The molecule has 0 amide bonds. The van der Waals surface area contributed by atoms with Gasteiger partial charge in [0.15, 0.2) is 5.70 Å². The van der Waals surface area contributed by atoms with Gasteiger partial charge >= 0.3 is 0 Å². The molecule has 0 aliphatic carbocycles. The Kier molecular flexibility index (Phi) is 8.23. The van der Waals surface area contributed by atoms with Crippen LogP contribution in [0, 0.1) is 11.3 Å². The molecule has 0 unspecified atom stereocenters. The van der Waals surface area contributed by atoms with E-state index in [1.165, 1.54) is 17.3 Å². The molecule has 23 heavy (non-hydrogen) atoms. The second kappa shape index (κ2) is 10.2. The maximum Gasteiger partial charge on any atom is 0.155 e. The lowest BCUT2D eigenvalue weighted by atomic mass is 9.93. The van der Waals surface area contributed by atoms with Gasteiger partial charge in [-0.15, -0.1) is 0 Å². The number of benzene rings is 1. The molecule has 0 heterocycles. The summed E-state index contributed by atoms with van der Waals surface area (Å²) in [6.07, 6.45) is 9.66. The SMILES string of the molecule is CCCCc1cccc(CC)c1/C(N)=C/C/C=N\C(C#N)=C/N. The molecule has 0 bridgehead atoms. The lowest BCUT2D eigenvalue weighted by molar-refractivity contribution is 0.792. The van der Waals surface area contributed by atoms with Crippen molar-refractivity contribution in [3.63, 3.8) is 0 Å². The van der Waals surface area contributed by atoms with Gasteiger partial charge in [-0.05, 0) is 30.4 Å². The molecule has 1 rings (SSSR count). The van der Waals surface area contributed by atoms with Crippen molar-refractivity contribution in [2.45, 2.75) is 46.0 Å². The summed E-state index contributed by atoms with van der Waals surface area (Å²) < 4.78 is 0. The van der Waals surface area contributed by atoms with Crippen LogP contribution in [-0.2, 0) is 12.8 Å². The molecule has 4 heteroatoms. The van der Waals surface area contributed by atoms with Crippen LogP contribution in [-0.4, -0.2) is 6.21 Å². The average Bonchev–Trinajstić information content (AvgIpc) is 2.59. The van der Waals surface area contributed by atoms with Crippen LogP contribution in [0.1, 0.15) is 49.8 Å². The number of allylic oxidation sites excluding steroid dienone is 2. The topological polar surface area (TPSA) is 88.2 Å². The number of rotatable bonds is 8. The van der Waals surface area contributed by atoms with Crippen LogP contribution in [0.5, 0.6) is 0 Å². The van der Waals surface area contributed by atoms with Crippen molar-refractivity contribution in [2.75, 3.05) is 0 Å². The zero-order valence-electron chi connectivity index (χ0n) is 14.0. The minimum Gasteiger partial charge on any atom is -0.402 e. The maximum atomic E-state index is 8.75. The molecule has 122 valence electrons. The zero-order chi connectivity index (χ0) is 17.1. The molecular formula is C19H26N4. The lowest BCUT2D eigenvalue weighted by Gasteiger charge is -2.14. The number of aryl methyl sites for hydroxylation is 2. The molecule has 4 N–H and O–H groups in total. The van der Waals surface area contributed by atoms with E-state index < -0.39 is 0 Å². The Morgan fingerprint density at radius 3 is 2.65 bits per heavy atom. The van der Waals surface area contributed by atoms with E-state index in [0.717, 1.165) is 36.9 Å². The first-order valence-corrected chi connectivity index (χ1v) is 8.09. The van der Waals surface area contributed by atoms with Gasteiger partial charge in [-0.1, -0.05) is 44.5 Å².